The smallest absolute Gasteiger partial charge is 0.277 e. The molecule has 1 spiro atoms. The van der Waals surface area contributed by atoms with Crippen LogP contribution in [0.2, 0.25) is 0 Å². The van der Waals surface area contributed by atoms with Crippen LogP contribution in [-0.2, 0) is 11.2 Å². The number of likely N-dealkylation sites (tertiary alicyclic amines) is 2. The zero-order valence-corrected chi connectivity index (χ0v) is 15.9. The topological polar surface area (TPSA) is 73.7 Å². The van der Waals surface area contributed by atoms with Gasteiger partial charge in [-0.3, -0.25) is 9.59 Å². The predicted molar refractivity (Wildman–Crippen MR) is 105 cm³/mol. The molecule has 3 heterocycles. The third-order valence-electron chi connectivity index (χ3n) is 5.94. The summed E-state index contributed by atoms with van der Waals surface area (Å²) >= 11 is 0. The molecule has 2 aliphatic heterocycles. The van der Waals surface area contributed by atoms with Crippen LogP contribution in [0.4, 0.5) is 0 Å². The molecule has 2 amide bonds. The second-order valence-corrected chi connectivity index (χ2v) is 7.59. The van der Waals surface area contributed by atoms with Gasteiger partial charge in [-0.25, -0.2) is 4.98 Å². The number of nitrogens with zero attached hydrogens (tertiary/aromatic N) is 3. The quantitative estimate of drug-likeness (QED) is 0.886. The SMILES string of the molecule is O=C(c1ncccc1O)N1CCCC12CCCN(CCc1ccccc1)C2=O. The van der Waals surface area contributed by atoms with Gasteiger partial charge in [0.2, 0.25) is 5.91 Å². The molecule has 4 rings (SSSR count). The molecule has 6 heteroatoms. The summed E-state index contributed by atoms with van der Waals surface area (Å²) in [5, 5.41) is 10.1. The minimum atomic E-state index is -0.796. The van der Waals surface area contributed by atoms with Gasteiger partial charge < -0.3 is 14.9 Å². The Morgan fingerprint density at radius 1 is 1.07 bits per heavy atom. The molecule has 2 saturated heterocycles. The summed E-state index contributed by atoms with van der Waals surface area (Å²) in [6.45, 7) is 1.90. The first kappa shape index (κ1) is 18.5. The standard InChI is InChI=1S/C22H25N3O3/c26-18-9-4-13-23-19(18)20(27)25-15-6-12-22(25)11-5-14-24(21(22)28)16-10-17-7-2-1-3-8-17/h1-4,7-9,13,26H,5-6,10-12,14-16H2. The summed E-state index contributed by atoms with van der Waals surface area (Å²) in [4.78, 5) is 34.2. The van der Waals surface area contributed by atoms with Crippen molar-refractivity contribution >= 4 is 11.8 Å². The molecule has 2 fully saturated rings. The maximum absolute atomic E-state index is 13.5. The van der Waals surface area contributed by atoms with E-state index in [0.717, 1.165) is 25.8 Å². The summed E-state index contributed by atoms with van der Waals surface area (Å²) in [6, 6.07) is 13.2. The molecular weight excluding hydrogens is 354 g/mol. The Morgan fingerprint density at radius 3 is 2.57 bits per heavy atom. The van der Waals surface area contributed by atoms with Gasteiger partial charge >= 0.3 is 0 Å². The van der Waals surface area contributed by atoms with Crippen molar-refractivity contribution in [1.82, 2.24) is 14.8 Å². The summed E-state index contributed by atoms with van der Waals surface area (Å²) in [5.41, 5.74) is 0.432. The number of rotatable bonds is 4. The van der Waals surface area contributed by atoms with Crippen LogP contribution in [-0.4, -0.2) is 56.9 Å². The largest absolute Gasteiger partial charge is 0.505 e. The van der Waals surface area contributed by atoms with Crippen LogP contribution in [0.5, 0.6) is 5.75 Å². The lowest BCUT2D eigenvalue weighted by Gasteiger charge is -2.44. The fourth-order valence-electron chi connectivity index (χ4n) is 4.53. The first-order chi connectivity index (χ1) is 13.6. The highest BCUT2D eigenvalue weighted by molar-refractivity contribution is 6.00. The van der Waals surface area contributed by atoms with Gasteiger partial charge in [-0.2, -0.15) is 0 Å². The van der Waals surface area contributed by atoms with E-state index >= 15 is 0 Å². The zero-order chi connectivity index (χ0) is 19.6. The van der Waals surface area contributed by atoms with Crippen molar-refractivity contribution in [2.75, 3.05) is 19.6 Å². The number of hydrogen-bond acceptors (Lipinski definition) is 4. The van der Waals surface area contributed by atoms with Crippen molar-refractivity contribution in [3.05, 3.63) is 59.9 Å². The molecule has 0 aliphatic carbocycles. The molecule has 1 unspecified atom stereocenters. The third-order valence-corrected chi connectivity index (χ3v) is 5.94. The summed E-state index contributed by atoms with van der Waals surface area (Å²) in [7, 11) is 0. The number of carbonyl (C=O) groups excluding carboxylic acids is 2. The Labute approximate surface area is 164 Å². The first-order valence-corrected chi connectivity index (χ1v) is 9.91. The Balaban J connectivity index is 1.54. The Bertz CT molecular complexity index is 870. The van der Waals surface area contributed by atoms with Crippen molar-refractivity contribution in [3.63, 3.8) is 0 Å². The number of carbonyl (C=O) groups is 2. The van der Waals surface area contributed by atoms with E-state index < -0.39 is 5.54 Å². The second-order valence-electron chi connectivity index (χ2n) is 7.59. The van der Waals surface area contributed by atoms with Crippen LogP contribution in [0.3, 0.4) is 0 Å². The van der Waals surface area contributed by atoms with Gasteiger partial charge in [0.05, 0.1) is 0 Å². The molecule has 0 bridgehead atoms. The predicted octanol–water partition coefficient (Wildman–Crippen LogP) is 2.63. The van der Waals surface area contributed by atoms with Crippen LogP contribution in [0.1, 0.15) is 41.7 Å². The average molecular weight is 379 g/mol. The van der Waals surface area contributed by atoms with E-state index in [2.05, 4.69) is 17.1 Å². The fourth-order valence-corrected chi connectivity index (χ4v) is 4.53. The Hall–Kier alpha value is -2.89. The van der Waals surface area contributed by atoms with Crippen molar-refractivity contribution in [2.45, 2.75) is 37.6 Å². The van der Waals surface area contributed by atoms with Gasteiger partial charge in [0, 0.05) is 25.8 Å². The van der Waals surface area contributed by atoms with Crippen molar-refractivity contribution in [3.8, 4) is 5.75 Å². The molecular formula is C22H25N3O3. The molecule has 2 aromatic rings. The second kappa shape index (κ2) is 7.62. The van der Waals surface area contributed by atoms with E-state index in [0.29, 0.717) is 25.9 Å². The van der Waals surface area contributed by atoms with Crippen LogP contribution >= 0.6 is 0 Å². The van der Waals surface area contributed by atoms with Gasteiger partial charge in [0.1, 0.15) is 11.3 Å². The number of piperidine rings is 1. The van der Waals surface area contributed by atoms with Crippen LogP contribution in [0.15, 0.2) is 48.7 Å². The minimum Gasteiger partial charge on any atom is -0.505 e. The normalized spacial score (nSPS) is 22.1. The lowest BCUT2D eigenvalue weighted by Crippen LogP contribution is -2.61. The molecule has 1 N–H and O–H groups in total. The van der Waals surface area contributed by atoms with Gasteiger partial charge in [-0.1, -0.05) is 30.3 Å². The van der Waals surface area contributed by atoms with E-state index in [1.165, 1.54) is 17.8 Å². The maximum Gasteiger partial charge on any atom is 0.277 e. The van der Waals surface area contributed by atoms with Gasteiger partial charge in [-0.15, -0.1) is 0 Å². The zero-order valence-electron chi connectivity index (χ0n) is 15.9. The van der Waals surface area contributed by atoms with Crippen LogP contribution in [0, 0.1) is 0 Å². The van der Waals surface area contributed by atoms with Crippen LogP contribution in [0.25, 0.3) is 0 Å². The molecule has 1 aromatic carbocycles. The van der Waals surface area contributed by atoms with Gasteiger partial charge in [0.25, 0.3) is 5.91 Å². The highest BCUT2D eigenvalue weighted by Crippen LogP contribution is 2.39. The van der Waals surface area contributed by atoms with Crippen molar-refractivity contribution < 1.29 is 14.7 Å². The van der Waals surface area contributed by atoms with Gasteiger partial charge in [0.15, 0.2) is 5.69 Å². The Kier molecular flexibility index (Phi) is 5.03. The number of aromatic nitrogens is 1. The van der Waals surface area contributed by atoms with Crippen LogP contribution < -0.4 is 0 Å². The van der Waals surface area contributed by atoms with E-state index in [9.17, 15) is 14.7 Å². The van der Waals surface area contributed by atoms with Crippen molar-refractivity contribution in [1.29, 1.82) is 0 Å². The molecule has 28 heavy (non-hydrogen) atoms. The Morgan fingerprint density at radius 2 is 1.82 bits per heavy atom. The number of aromatic hydroxyl groups is 1. The number of amides is 2. The number of benzene rings is 1. The summed E-state index contributed by atoms with van der Waals surface area (Å²) in [6.07, 6.45) is 5.30. The van der Waals surface area contributed by atoms with E-state index in [1.807, 2.05) is 23.1 Å². The monoisotopic (exact) mass is 379 g/mol. The summed E-state index contributed by atoms with van der Waals surface area (Å²) < 4.78 is 0. The minimum absolute atomic E-state index is 0.0259. The molecule has 0 radical (unpaired) electrons. The molecule has 6 nitrogen and oxygen atoms in total. The maximum atomic E-state index is 13.5. The third kappa shape index (κ3) is 3.23. The lowest BCUT2D eigenvalue weighted by atomic mass is 9.85. The fraction of sp³-hybridized carbons (Fsp3) is 0.409. The van der Waals surface area contributed by atoms with Crippen molar-refractivity contribution in [2.24, 2.45) is 0 Å². The highest BCUT2D eigenvalue weighted by atomic mass is 16.3. The number of hydrogen-bond donors (Lipinski definition) is 1. The molecule has 1 atom stereocenters. The molecule has 0 saturated carbocycles. The average Bonchev–Trinajstić information content (AvgIpc) is 3.14. The van der Waals surface area contributed by atoms with Gasteiger partial charge in [-0.05, 0) is 49.8 Å². The molecule has 146 valence electrons. The number of pyridine rings is 1. The molecule has 1 aromatic heterocycles. The highest BCUT2D eigenvalue weighted by Gasteiger charge is 2.53. The van der Waals surface area contributed by atoms with E-state index in [-0.39, 0.29) is 23.3 Å². The summed E-state index contributed by atoms with van der Waals surface area (Å²) in [5.74, 6) is -0.455. The first-order valence-electron chi connectivity index (χ1n) is 9.91. The van der Waals surface area contributed by atoms with E-state index in [1.54, 1.807) is 11.0 Å². The lowest BCUT2D eigenvalue weighted by molar-refractivity contribution is -0.145. The molecule has 2 aliphatic rings. The van der Waals surface area contributed by atoms with E-state index in [4.69, 9.17) is 0 Å².